The molecule has 0 spiro atoms. The Hall–Kier alpha value is -0.790. The van der Waals surface area contributed by atoms with Crippen LogP contribution >= 0.6 is 12.6 Å². The van der Waals surface area contributed by atoms with Gasteiger partial charge in [0, 0.05) is 11.3 Å². The largest absolute Gasteiger partial charge is 0.416 e. The number of benzene rings is 1. The van der Waals surface area contributed by atoms with Gasteiger partial charge < -0.3 is 10.2 Å². The van der Waals surface area contributed by atoms with Crippen LogP contribution < -0.4 is 0 Å². The van der Waals surface area contributed by atoms with Gasteiger partial charge in [-0.1, -0.05) is 0 Å². The molecule has 0 bridgehead atoms. The van der Waals surface area contributed by atoms with Crippen molar-refractivity contribution in [1.29, 1.82) is 0 Å². The monoisotopic (exact) mass is 270 g/mol. The van der Waals surface area contributed by atoms with Crippen molar-refractivity contribution in [2.75, 3.05) is 5.75 Å². The molecule has 2 unspecified atom stereocenters. The van der Waals surface area contributed by atoms with Crippen molar-refractivity contribution in [2.24, 2.45) is 0 Å². The molecule has 17 heavy (non-hydrogen) atoms. The van der Waals surface area contributed by atoms with Crippen LogP contribution in [0.4, 0.5) is 17.6 Å². The van der Waals surface area contributed by atoms with E-state index in [1.165, 1.54) is 0 Å². The molecule has 2 atom stereocenters. The maximum Gasteiger partial charge on any atom is 0.416 e. The second-order valence-electron chi connectivity index (χ2n) is 3.43. The van der Waals surface area contributed by atoms with Gasteiger partial charge in [-0.2, -0.15) is 25.8 Å². The summed E-state index contributed by atoms with van der Waals surface area (Å²) in [5, 5.41) is 18.7. The first-order valence-electron chi connectivity index (χ1n) is 4.61. The Balaban J connectivity index is 3.15. The highest BCUT2D eigenvalue weighted by atomic mass is 32.1. The summed E-state index contributed by atoms with van der Waals surface area (Å²) in [4.78, 5) is 0. The van der Waals surface area contributed by atoms with Crippen LogP contribution in [-0.4, -0.2) is 22.1 Å². The van der Waals surface area contributed by atoms with E-state index in [4.69, 9.17) is 0 Å². The van der Waals surface area contributed by atoms with Gasteiger partial charge in [0.15, 0.2) is 0 Å². The van der Waals surface area contributed by atoms with E-state index >= 15 is 0 Å². The van der Waals surface area contributed by atoms with E-state index < -0.39 is 35.3 Å². The topological polar surface area (TPSA) is 40.5 Å². The lowest BCUT2D eigenvalue weighted by molar-refractivity contribution is -0.137. The number of hydrogen-bond donors (Lipinski definition) is 3. The molecule has 0 aliphatic heterocycles. The molecule has 2 N–H and O–H groups in total. The molecule has 2 nitrogen and oxygen atoms in total. The summed E-state index contributed by atoms with van der Waals surface area (Å²) in [6.45, 7) is 0. The predicted molar refractivity (Wildman–Crippen MR) is 56.2 cm³/mol. The number of alkyl halides is 3. The smallest absolute Gasteiger partial charge is 0.389 e. The fourth-order valence-corrected chi connectivity index (χ4v) is 1.45. The van der Waals surface area contributed by atoms with Crippen molar-refractivity contribution >= 4 is 12.6 Å². The first kappa shape index (κ1) is 14.3. The molecule has 1 rings (SSSR count). The van der Waals surface area contributed by atoms with Crippen LogP contribution in [0, 0.1) is 5.82 Å². The number of aliphatic hydroxyl groups is 2. The third-order valence-corrected chi connectivity index (χ3v) is 2.57. The van der Waals surface area contributed by atoms with Gasteiger partial charge in [0.2, 0.25) is 0 Å². The molecule has 7 heteroatoms. The second kappa shape index (κ2) is 5.24. The fourth-order valence-electron chi connectivity index (χ4n) is 1.25. The SMILES string of the molecule is OC(CS)C(O)c1cc(C(F)(F)F)ccc1F. The molecule has 96 valence electrons. The lowest BCUT2D eigenvalue weighted by Gasteiger charge is -2.18. The molecule has 0 saturated carbocycles. The van der Waals surface area contributed by atoms with Crippen molar-refractivity contribution in [3.63, 3.8) is 0 Å². The average Bonchev–Trinajstić information content (AvgIpc) is 2.26. The summed E-state index contributed by atoms with van der Waals surface area (Å²) in [7, 11) is 0. The van der Waals surface area contributed by atoms with E-state index in [1.807, 2.05) is 0 Å². The van der Waals surface area contributed by atoms with Crippen molar-refractivity contribution in [2.45, 2.75) is 18.4 Å². The van der Waals surface area contributed by atoms with Gasteiger partial charge in [0.05, 0.1) is 11.7 Å². The minimum Gasteiger partial charge on any atom is -0.389 e. The number of aliphatic hydroxyl groups excluding tert-OH is 2. The zero-order valence-corrected chi connectivity index (χ0v) is 9.34. The van der Waals surface area contributed by atoms with E-state index in [0.717, 1.165) is 0 Å². The van der Waals surface area contributed by atoms with Crippen LogP contribution in [0.1, 0.15) is 17.2 Å². The highest BCUT2D eigenvalue weighted by Crippen LogP contribution is 2.32. The maximum absolute atomic E-state index is 13.2. The normalized spacial score (nSPS) is 15.7. The number of hydrogen-bond acceptors (Lipinski definition) is 3. The molecule has 0 amide bonds. The summed E-state index contributed by atoms with van der Waals surface area (Å²) < 4.78 is 50.3. The summed E-state index contributed by atoms with van der Waals surface area (Å²) in [5.74, 6) is -1.21. The Morgan fingerprint density at radius 3 is 2.29 bits per heavy atom. The van der Waals surface area contributed by atoms with Gasteiger partial charge in [-0.05, 0) is 18.2 Å². The fraction of sp³-hybridized carbons (Fsp3) is 0.400. The third kappa shape index (κ3) is 3.34. The second-order valence-corrected chi connectivity index (χ2v) is 3.79. The van der Waals surface area contributed by atoms with Gasteiger partial charge in [0.25, 0.3) is 0 Å². The Morgan fingerprint density at radius 2 is 1.82 bits per heavy atom. The summed E-state index contributed by atoms with van der Waals surface area (Å²) >= 11 is 3.67. The summed E-state index contributed by atoms with van der Waals surface area (Å²) in [6.07, 6.45) is -7.81. The van der Waals surface area contributed by atoms with Gasteiger partial charge in [-0.25, -0.2) is 4.39 Å². The minimum absolute atomic E-state index is 0.198. The Morgan fingerprint density at radius 1 is 1.24 bits per heavy atom. The van der Waals surface area contributed by atoms with Gasteiger partial charge in [0.1, 0.15) is 11.9 Å². The Bertz CT molecular complexity index is 394. The van der Waals surface area contributed by atoms with Gasteiger partial charge in [-0.15, -0.1) is 0 Å². The standard InChI is InChI=1S/C10H10F4O2S/c11-7-2-1-5(10(12,13)14)3-6(7)9(16)8(15)4-17/h1-3,8-9,15-17H,4H2. The van der Waals surface area contributed by atoms with Gasteiger partial charge in [-0.3, -0.25) is 0 Å². The van der Waals surface area contributed by atoms with Crippen LogP contribution in [0.2, 0.25) is 0 Å². The molecule has 1 aromatic rings. The quantitative estimate of drug-likeness (QED) is 0.582. The molecule has 0 radical (unpaired) electrons. The van der Waals surface area contributed by atoms with Crippen molar-refractivity contribution in [3.05, 3.63) is 35.1 Å². The molecular weight excluding hydrogens is 260 g/mol. The first-order valence-corrected chi connectivity index (χ1v) is 5.24. The average molecular weight is 270 g/mol. The lowest BCUT2D eigenvalue weighted by atomic mass is 10.0. The van der Waals surface area contributed by atoms with Crippen LogP contribution in [0.3, 0.4) is 0 Å². The molecule has 0 fully saturated rings. The number of rotatable bonds is 3. The highest BCUT2D eigenvalue weighted by molar-refractivity contribution is 7.80. The van der Waals surface area contributed by atoms with Crippen molar-refractivity contribution < 1.29 is 27.8 Å². The zero-order chi connectivity index (χ0) is 13.2. The summed E-state index contributed by atoms with van der Waals surface area (Å²) in [5.41, 5.74) is -1.68. The Kier molecular flexibility index (Phi) is 4.40. The molecule has 0 heterocycles. The van der Waals surface area contributed by atoms with Gasteiger partial charge >= 0.3 is 6.18 Å². The zero-order valence-electron chi connectivity index (χ0n) is 8.45. The van der Waals surface area contributed by atoms with Crippen LogP contribution in [0.5, 0.6) is 0 Å². The van der Waals surface area contributed by atoms with Crippen molar-refractivity contribution in [3.8, 4) is 0 Å². The van der Waals surface area contributed by atoms with Crippen molar-refractivity contribution in [1.82, 2.24) is 0 Å². The van der Waals surface area contributed by atoms with Crippen LogP contribution in [0.25, 0.3) is 0 Å². The molecule has 0 saturated heterocycles. The minimum atomic E-state index is -4.63. The van der Waals surface area contributed by atoms with E-state index in [-0.39, 0.29) is 5.75 Å². The highest BCUT2D eigenvalue weighted by Gasteiger charge is 2.32. The number of thiol groups is 1. The van der Waals surface area contributed by atoms with Crippen LogP contribution in [-0.2, 0) is 6.18 Å². The molecule has 0 aliphatic carbocycles. The molecule has 0 aliphatic rings. The predicted octanol–water partition coefficient (Wildman–Crippen LogP) is 2.17. The van der Waals surface area contributed by atoms with E-state index in [1.54, 1.807) is 0 Å². The lowest BCUT2D eigenvalue weighted by Crippen LogP contribution is -2.21. The van der Waals surface area contributed by atoms with E-state index in [0.29, 0.717) is 18.2 Å². The Labute approximate surface area is 100 Å². The maximum atomic E-state index is 13.2. The number of halogens is 4. The summed E-state index contributed by atoms with van der Waals surface area (Å²) in [6, 6.07) is 1.65. The third-order valence-electron chi connectivity index (χ3n) is 2.19. The molecule has 1 aromatic carbocycles. The van der Waals surface area contributed by atoms with E-state index in [2.05, 4.69) is 12.6 Å². The first-order chi connectivity index (χ1) is 7.77. The van der Waals surface area contributed by atoms with E-state index in [9.17, 15) is 27.8 Å². The molecule has 0 aromatic heterocycles. The molecular formula is C10H10F4O2S. The van der Waals surface area contributed by atoms with Crippen LogP contribution in [0.15, 0.2) is 18.2 Å².